The van der Waals surface area contributed by atoms with E-state index in [4.69, 9.17) is 5.11 Å². The van der Waals surface area contributed by atoms with E-state index in [0.717, 1.165) is 12.8 Å². The van der Waals surface area contributed by atoms with Gasteiger partial charge in [0, 0.05) is 6.04 Å². The van der Waals surface area contributed by atoms with Gasteiger partial charge in [-0.25, -0.2) is 0 Å². The van der Waals surface area contributed by atoms with Crippen LogP contribution in [0.1, 0.15) is 19.8 Å². The van der Waals surface area contributed by atoms with Gasteiger partial charge in [-0.2, -0.15) is 0 Å². The highest BCUT2D eigenvalue weighted by molar-refractivity contribution is 5.84. The molecular weight excluding hydrogens is 172 g/mol. The second-order valence-electron chi connectivity index (χ2n) is 3.28. The van der Waals surface area contributed by atoms with Crippen LogP contribution in [-0.4, -0.2) is 35.6 Å². The Morgan fingerprint density at radius 1 is 1.54 bits per heavy atom. The summed E-state index contributed by atoms with van der Waals surface area (Å²) in [6.45, 7) is 1.65. The summed E-state index contributed by atoms with van der Waals surface area (Å²) in [5.41, 5.74) is 0. The van der Waals surface area contributed by atoms with E-state index in [0.29, 0.717) is 6.04 Å². The molecular formula is C8H14N2O3. The molecule has 0 aliphatic heterocycles. The summed E-state index contributed by atoms with van der Waals surface area (Å²) < 4.78 is 0. The Labute approximate surface area is 76.5 Å². The smallest absolute Gasteiger partial charge is 0.325 e. The van der Waals surface area contributed by atoms with E-state index < -0.39 is 12.0 Å². The Bertz CT molecular complexity index is 213. The first-order valence-corrected chi connectivity index (χ1v) is 4.35. The van der Waals surface area contributed by atoms with Crippen molar-refractivity contribution in [2.45, 2.75) is 31.8 Å². The predicted octanol–water partition coefficient (Wildman–Crippen LogP) is -0.672. The minimum atomic E-state index is -1.01. The molecule has 0 aromatic carbocycles. The fourth-order valence-electron chi connectivity index (χ4n) is 0.879. The van der Waals surface area contributed by atoms with E-state index in [1.807, 2.05) is 0 Å². The van der Waals surface area contributed by atoms with Crippen LogP contribution in [0.25, 0.3) is 0 Å². The van der Waals surface area contributed by atoms with Crippen LogP contribution in [0, 0.1) is 0 Å². The molecule has 0 bridgehead atoms. The lowest BCUT2D eigenvalue weighted by Gasteiger charge is -2.09. The summed E-state index contributed by atoms with van der Waals surface area (Å²) in [7, 11) is 0. The molecule has 1 saturated carbocycles. The Morgan fingerprint density at radius 2 is 2.15 bits per heavy atom. The number of hydrogen-bond acceptors (Lipinski definition) is 3. The summed E-state index contributed by atoms with van der Waals surface area (Å²) in [6, 6.07) is -0.348. The molecule has 5 nitrogen and oxygen atoms in total. The maximum atomic E-state index is 11.1. The number of carbonyl (C=O) groups is 2. The minimum Gasteiger partial charge on any atom is -0.480 e. The summed E-state index contributed by atoms with van der Waals surface area (Å²) >= 11 is 0. The number of rotatable bonds is 5. The number of nitrogens with one attached hydrogen (secondary N) is 2. The number of carboxylic acid groups (broad SMARTS) is 1. The van der Waals surface area contributed by atoms with Gasteiger partial charge in [-0.1, -0.05) is 0 Å². The summed E-state index contributed by atoms with van der Waals surface area (Å²) in [4.78, 5) is 21.4. The molecule has 0 aromatic rings. The first-order chi connectivity index (χ1) is 6.09. The average Bonchev–Trinajstić information content (AvgIpc) is 2.83. The molecule has 3 N–H and O–H groups in total. The highest BCUT2D eigenvalue weighted by Gasteiger charge is 2.22. The molecule has 74 valence electrons. The lowest BCUT2D eigenvalue weighted by molar-refractivity contribution is -0.141. The van der Waals surface area contributed by atoms with Gasteiger partial charge in [0.15, 0.2) is 0 Å². The number of aliphatic carboxylic acids is 1. The molecule has 13 heavy (non-hydrogen) atoms. The average molecular weight is 186 g/mol. The van der Waals surface area contributed by atoms with E-state index >= 15 is 0 Å². The van der Waals surface area contributed by atoms with Crippen molar-refractivity contribution in [3.8, 4) is 0 Å². The van der Waals surface area contributed by atoms with Gasteiger partial charge < -0.3 is 15.7 Å². The van der Waals surface area contributed by atoms with Crippen LogP contribution >= 0.6 is 0 Å². The van der Waals surface area contributed by atoms with Crippen molar-refractivity contribution in [3.63, 3.8) is 0 Å². The van der Waals surface area contributed by atoms with Crippen molar-refractivity contribution in [2.75, 3.05) is 6.54 Å². The molecule has 1 rings (SSSR count). The third-order valence-electron chi connectivity index (χ3n) is 1.88. The molecule has 0 heterocycles. The van der Waals surface area contributed by atoms with Crippen LogP contribution in [0.5, 0.6) is 0 Å². The number of amides is 1. The van der Waals surface area contributed by atoms with Crippen molar-refractivity contribution in [1.29, 1.82) is 0 Å². The van der Waals surface area contributed by atoms with Crippen LogP contribution in [0.3, 0.4) is 0 Å². The third-order valence-corrected chi connectivity index (χ3v) is 1.88. The van der Waals surface area contributed by atoms with Gasteiger partial charge in [0.25, 0.3) is 0 Å². The van der Waals surface area contributed by atoms with Crippen LogP contribution in [0.4, 0.5) is 0 Å². The topological polar surface area (TPSA) is 78.4 Å². The van der Waals surface area contributed by atoms with Crippen LogP contribution in [0.15, 0.2) is 0 Å². The van der Waals surface area contributed by atoms with E-state index in [1.165, 1.54) is 6.92 Å². The Hall–Kier alpha value is -1.10. The normalized spacial score (nSPS) is 17.9. The van der Waals surface area contributed by atoms with Crippen molar-refractivity contribution in [2.24, 2.45) is 0 Å². The minimum absolute atomic E-state index is 0.211. The van der Waals surface area contributed by atoms with Gasteiger partial charge in [0.05, 0.1) is 6.54 Å². The summed E-state index contributed by atoms with van der Waals surface area (Å²) in [5, 5.41) is 13.8. The quantitative estimate of drug-likeness (QED) is 0.532. The molecule has 0 saturated heterocycles. The second kappa shape index (κ2) is 4.23. The maximum absolute atomic E-state index is 11.1. The number of carbonyl (C=O) groups excluding carboxylic acids is 1. The standard InChI is InChI=1S/C8H14N2O3/c1-5(8(12)13)10-7(11)4-9-6-2-3-6/h5-6,9H,2-4H2,1H3,(H,10,11)(H,12,13)/t5-/m1/s1. The Morgan fingerprint density at radius 3 is 2.62 bits per heavy atom. The van der Waals surface area contributed by atoms with E-state index in [9.17, 15) is 9.59 Å². The lowest BCUT2D eigenvalue weighted by atomic mass is 10.3. The van der Waals surface area contributed by atoms with Crippen molar-refractivity contribution >= 4 is 11.9 Å². The van der Waals surface area contributed by atoms with Crippen LogP contribution in [-0.2, 0) is 9.59 Å². The van der Waals surface area contributed by atoms with Gasteiger partial charge in [-0.3, -0.25) is 9.59 Å². The fraction of sp³-hybridized carbons (Fsp3) is 0.750. The van der Waals surface area contributed by atoms with E-state index in [-0.39, 0.29) is 12.5 Å². The zero-order valence-corrected chi connectivity index (χ0v) is 7.54. The zero-order chi connectivity index (χ0) is 9.84. The molecule has 1 atom stereocenters. The van der Waals surface area contributed by atoms with E-state index in [2.05, 4.69) is 10.6 Å². The van der Waals surface area contributed by atoms with Crippen molar-refractivity contribution < 1.29 is 14.7 Å². The molecule has 0 aromatic heterocycles. The predicted molar refractivity (Wildman–Crippen MR) is 46.3 cm³/mol. The van der Waals surface area contributed by atoms with Gasteiger partial charge in [-0.15, -0.1) is 0 Å². The monoisotopic (exact) mass is 186 g/mol. The molecule has 1 aliphatic rings. The first-order valence-electron chi connectivity index (χ1n) is 4.35. The highest BCUT2D eigenvalue weighted by Crippen LogP contribution is 2.17. The van der Waals surface area contributed by atoms with E-state index in [1.54, 1.807) is 0 Å². The lowest BCUT2D eigenvalue weighted by Crippen LogP contribution is -2.43. The Balaban J connectivity index is 2.11. The maximum Gasteiger partial charge on any atom is 0.325 e. The van der Waals surface area contributed by atoms with Gasteiger partial charge >= 0.3 is 5.97 Å². The zero-order valence-electron chi connectivity index (χ0n) is 7.54. The molecule has 0 unspecified atom stereocenters. The molecule has 1 amide bonds. The molecule has 0 spiro atoms. The highest BCUT2D eigenvalue weighted by atomic mass is 16.4. The van der Waals surface area contributed by atoms with Crippen LogP contribution in [0.2, 0.25) is 0 Å². The molecule has 0 radical (unpaired) electrons. The number of hydrogen-bond donors (Lipinski definition) is 3. The van der Waals surface area contributed by atoms with Gasteiger partial charge in [0.2, 0.25) is 5.91 Å². The SMILES string of the molecule is C[C@@H](NC(=O)CNC1CC1)C(=O)O. The van der Waals surface area contributed by atoms with Gasteiger partial charge in [-0.05, 0) is 19.8 Å². The molecule has 1 fully saturated rings. The summed E-state index contributed by atoms with van der Waals surface area (Å²) in [5.74, 6) is -1.28. The number of carboxylic acids is 1. The van der Waals surface area contributed by atoms with Crippen LogP contribution < -0.4 is 10.6 Å². The van der Waals surface area contributed by atoms with Crippen molar-refractivity contribution in [3.05, 3.63) is 0 Å². The summed E-state index contributed by atoms with van der Waals surface area (Å²) in [6.07, 6.45) is 2.23. The Kier molecular flexibility index (Phi) is 3.25. The second-order valence-corrected chi connectivity index (χ2v) is 3.28. The largest absolute Gasteiger partial charge is 0.480 e. The fourth-order valence-corrected chi connectivity index (χ4v) is 0.879. The van der Waals surface area contributed by atoms with Gasteiger partial charge in [0.1, 0.15) is 6.04 Å². The first kappa shape index (κ1) is 9.98. The third kappa shape index (κ3) is 3.89. The molecule has 1 aliphatic carbocycles. The van der Waals surface area contributed by atoms with Crippen molar-refractivity contribution in [1.82, 2.24) is 10.6 Å². The molecule has 5 heteroatoms.